The highest BCUT2D eigenvalue weighted by Gasteiger charge is 2.18. The molecule has 5 nitrogen and oxygen atoms in total. The summed E-state index contributed by atoms with van der Waals surface area (Å²) >= 11 is 0. The SMILES string of the molecule is O=C(Cn1ncc(=O)c2ccccc21)N(Cc1ccccc1)c1ccccc1. The van der Waals surface area contributed by atoms with Crippen LogP contribution in [-0.2, 0) is 17.9 Å². The summed E-state index contributed by atoms with van der Waals surface area (Å²) in [5.41, 5.74) is 2.36. The van der Waals surface area contributed by atoms with Gasteiger partial charge in [0, 0.05) is 11.1 Å². The molecule has 0 atom stereocenters. The summed E-state index contributed by atoms with van der Waals surface area (Å²) in [7, 11) is 0. The van der Waals surface area contributed by atoms with E-state index in [9.17, 15) is 9.59 Å². The maximum atomic E-state index is 13.2. The van der Waals surface area contributed by atoms with E-state index < -0.39 is 0 Å². The maximum absolute atomic E-state index is 13.2. The van der Waals surface area contributed by atoms with E-state index >= 15 is 0 Å². The van der Waals surface area contributed by atoms with Crippen molar-refractivity contribution in [1.82, 2.24) is 9.78 Å². The van der Waals surface area contributed by atoms with Crippen molar-refractivity contribution < 1.29 is 4.79 Å². The molecule has 1 amide bonds. The van der Waals surface area contributed by atoms with E-state index in [0.29, 0.717) is 17.4 Å². The molecule has 0 aliphatic heterocycles. The zero-order valence-electron chi connectivity index (χ0n) is 15.2. The Balaban J connectivity index is 1.68. The molecule has 5 heteroatoms. The van der Waals surface area contributed by atoms with Crippen LogP contribution < -0.4 is 10.3 Å². The average molecular weight is 369 g/mol. The van der Waals surface area contributed by atoms with Crippen LogP contribution in [0.4, 0.5) is 5.69 Å². The number of hydrogen-bond acceptors (Lipinski definition) is 3. The first-order valence-corrected chi connectivity index (χ1v) is 9.06. The second-order valence-electron chi connectivity index (χ2n) is 6.48. The third-order valence-corrected chi connectivity index (χ3v) is 4.60. The Bertz CT molecular complexity index is 1150. The second-order valence-corrected chi connectivity index (χ2v) is 6.48. The predicted molar refractivity (Wildman–Crippen MR) is 110 cm³/mol. The smallest absolute Gasteiger partial charge is 0.249 e. The van der Waals surface area contributed by atoms with Crippen LogP contribution in [0.5, 0.6) is 0 Å². The van der Waals surface area contributed by atoms with Crippen LogP contribution in [0.25, 0.3) is 10.9 Å². The minimum absolute atomic E-state index is 0.0442. The number of para-hydroxylation sites is 2. The number of nitrogens with zero attached hydrogens (tertiary/aromatic N) is 3. The number of aromatic nitrogens is 2. The summed E-state index contributed by atoms with van der Waals surface area (Å²) in [6, 6.07) is 26.6. The van der Waals surface area contributed by atoms with E-state index in [-0.39, 0.29) is 17.9 Å². The number of carbonyl (C=O) groups is 1. The van der Waals surface area contributed by atoms with Gasteiger partial charge in [0.2, 0.25) is 11.3 Å². The van der Waals surface area contributed by atoms with Gasteiger partial charge in [-0.3, -0.25) is 14.3 Å². The van der Waals surface area contributed by atoms with Gasteiger partial charge in [-0.15, -0.1) is 0 Å². The quantitative estimate of drug-likeness (QED) is 0.540. The van der Waals surface area contributed by atoms with Crippen molar-refractivity contribution in [2.45, 2.75) is 13.1 Å². The van der Waals surface area contributed by atoms with Gasteiger partial charge < -0.3 is 4.90 Å². The molecule has 0 spiro atoms. The lowest BCUT2D eigenvalue weighted by Crippen LogP contribution is -2.34. The molecule has 0 radical (unpaired) electrons. The van der Waals surface area contributed by atoms with Crippen molar-refractivity contribution in [2.24, 2.45) is 0 Å². The van der Waals surface area contributed by atoms with Crippen molar-refractivity contribution >= 4 is 22.5 Å². The van der Waals surface area contributed by atoms with Gasteiger partial charge in [-0.25, -0.2) is 0 Å². The Labute approximate surface area is 162 Å². The van der Waals surface area contributed by atoms with Crippen LogP contribution in [0.2, 0.25) is 0 Å². The largest absolute Gasteiger partial charge is 0.306 e. The fraction of sp³-hybridized carbons (Fsp3) is 0.0870. The van der Waals surface area contributed by atoms with Gasteiger partial charge >= 0.3 is 0 Å². The molecule has 3 aromatic carbocycles. The molecule has 0 bridgehead atoms. The first-order valence-electron chi connectivity index (χ1n) is 9.06. The maximum Gasteiger partial charge on any atom is 0.249 e. The van der Waals surface area contributed by atoms with E-state index in [1.807, 2.05) is 72.8 Å². The summed E-state index contributed by atoms with van der Waals surface area (Å²) in [6.45, 7) is 0.504. The zero-order chi connectivity index (χ0) is 19.3. The Kier molecular flexibility index (Phi) is 4.97. The van der Waals surface area contributed by atoms with E-state index in [2.05, 4.69) is 5.10 Å². The number of amides is 1. The van der Waals surface area contributed by atoms with E-state index in [0.717, 1.165) is 11.3 Å². The third-order valence-electron chi connectivity index (χ3n) is 4.60. The normalized spacial score (nSPS) is 10.7. The number of hydrogen-bond donors (Lipinski definition) is 0. The molecule has 138 valence electrons. The highest BCUT2D eigenvalue weighted by Crippen LogP contribution is 2.18. The predicted octanol–water partition coefficient (Wildman–Crippen LogP) is 3.63. The highest BCUT2D eigenvalue weighted by atomic mass is 16.2. The molecule has 1 heterocycles. The molecule has 0 saturated carbocycles. The topological polar surface area (TPSA) is 55.2 Å². The van der Waals surface area contributed by atoms with Crippen LogP contribution >= 0.6 is 0 Å². The fourth-order valence-electron chi connectivity index (χ4n) is 3.20. The summed E-state index contributed by atoms with van der Waals surface area (Å²) in [4.78, 5) is 27.0. The lowest BCUT2D eigenvalue weighted by Gasteiger charge is -2.23. The number of fused-ring (bicyclic) bond motifs is 1. The first-order chi connectivity index (χ1) is 13.7. The minimum atomic E-state index is -0.150. The Morgan fingerprint density at radius 2 is 1.50 bits per heavy atom. The molecule has 1 aromatic heterocycles. The Morgan fingerprint density at radius 1 is 0.857 bits per heavy atom. The van der Waals surface area contributed by atoms with Crippen LogP contribution in [-0.4, -0.2) is 15.7 Å². The number of anilines is 1. The van der Waals surface area contributed by atoms with Crippen LogP contribution in [0.15, 0.2) is 95.9 Å². The lowest BCUT2D eigenvalue weighted by molar-refractivity contribution is -0.119. The summed E-state index contributed by atoms with van der Waals surface area (Å²) in [6.07, 6.45) is 1.26. The summed E-state index contributed by atoms with van der Waals surface area (Å²) in [5.74, 6) is -0.101. The third kappa shape index (κ3) is 3.69. The van der Waals surface area contributed by atoms with Crippen molar-refractivity contribution in [3.63, 3.8) is 0 Å². The fourth-order valence-corrected chi connectivity index (χ4v) is 3.20. The molecule has 0 N–H and O–H groups in total. The molecule has 4 rings (SSSR count). The average Bonchev–Trinajstić information content (AvgIpc) is 2.75. The Hall–Kier alpha value is -3.73. The van der Waals surface area contributed by atoms with Gasteiger partial charge in [-0.2, -0.15) is 5.10 Å². The number of benzene rings is 3. The van der Waals surface area contributed by atoms with Gasteiger partial charge in [0.25, 0.3) is 0 Å². The monoisotopic (exact) mass is 369 g/mol. The van der Waals surface area contributed by atoms with Crippen LogP contribution in [0.1, 0.15) is 5.56 Å². The van der Waals surface area contributed by atoms with Gasteiger partial charge in [-0.05, 0) is 29.8 Å². The van der Waals surface area contributed by atoms with E-state index in [1.165, 1.54) is 6.20 Å². The summed E-state index contributed by atoms with van der Waals surface area (Å²) in [5, 5.41) is 4.74. The summed E-state index contributed by atoms with van der Waals surface area (Å²) < 4.78 is 1.58. The van der Waals surface area contributed by atoms with Crippen LogP contribution in [0, 0.1) is 0 Å². The molecule has 0 aliphatic rings. The molecule has 0 unspecified atom stereocenters. The van der Waals surface area contributed by atoms with Gasteiger partial charge in [0.15, 0.2) is 0 Å². The van der Waals surface area contributed by atoms with Crippen molar-refractivity contribution in [1.29, 1.82) is 0 Å². The number of carbonyl (C=O) groups excluding carboxylic acids is 1. The number of rotatable bonds is 5. The van der Waals surface area contributed by atoms with E-state index in [4.69, 9.17) is 0 Å². The lowest BCUT2D eigenvalue weighted by atomic mass is 10.2. The Morgan fingerprint density at radius 3 is 2.25 bits per heavy atom. The van der Waals surface area contributed by atoms with Crippen molar-refractivity contribution in [2.75, 3.05) is 4.90 Å². The zero-order valence-corrected chi connectivity index (χ0v) is 15.2. The molecular weight excluding hydrogens is 350 g/mol. The van der Waals surface area contributed by atoms with Crippen LogP contribution in [0.3, 0.4) is 0 Å². The van der Waals surface area contributed by atoms with Crippen molar-refractivity contribution in [3.8, 4) is 0 Å². The first kappa shape index (κ1) is 17.7. The molecule has 0 saturated heterocycles. The molecule has 28 heavy (non-hydrogen) atoms. The molecule has 0 aliphatic carbocycles. The van der Waals surface area contributed by atoms with Gasteiger partial charge in [-0.1, -0.05) is 60.7 Å². The molecule has 0 fully saturated rings. The van der Waals surface area contributed by atoms with Gasteiger partial charge in [0.1, 0.15) is 6.54 Å². The highest BCUT2D eigenvalue weighted by molar-refractivity contribution is 5.94. The molecular formula is C23H19N3O2. The van der Waals surface area contributed by atoms with Gasteiger partial charge in [0.05, 0.1) is 18.3 Å². The standard InChI is InChI=1S/C23H19N3O2/c27-22-15-24-26(21-14-8-7-13-20(21)22)17-23(28)25(19-11-5-2-6-12-19)16-18-9-3-1-4-10-18/h1-15H,16-17H2. The van der Waals surface area contributed by atoms with E-state index in [1.54, 1.807) is 21.7 Å². The van der Waals surface area contributed by atoms with Crippen molar-refractivity contribution in [3.05, 3.63) is 107 Å². The second kappa shape index (κ2) is 7.88. The molecule has 4 aromatic rings. The minimum Gasteiger partial charge on any atom is -0.306 e.